The summed E-state index contributed by atoms with van der Waals surface area (Å²) < 4.78 is -0.0566. The second kappa shape index (κ2) is 9.93. The van der Waals surface area contributed by atoms with Gasteiger partial charge >= 0.3 is 0 Å². The van der Waals surface area contributed by atoms with Crippen molar-refractivity contribution >= 4 is 15.9 Å². The van der Waals surface area contributed by atoms with Gasteiger partial charge in [-0.05, 0) is 17.5 Å². The molecule has 2 aromatic rings. The molecule has 0 bridgehead atoms. The predicted octanol–water partition coefficient (Wildman–Crippen LogP) is 7.47. The molecule has 2 aromatic carbocycles. The van der Waals surface area contributed by atoms with Crippen LogP contribution in [0.4, 0.5) is 0 Å². The summed E-state index contributed by atoms with van der Waals surface area (Å²) in [5.74, 6) is 0. The molecule has 0 aliphatic heterocycles. The van der Waals surface area contributed by atoms with E-state index >= 15 is 0 Å². The highest BCUT2D eigenvalue weighted by atomic mass is 79.9. The molecule has 0 aliphatic rings. The van der Waals surface area contributed by atoms with Gasteiger partial charge in [0.25, 0.3) is 0 Å². The van der Waals surface area contributed by atoms with E-state index in [0.717, 1.165) is 6.42 Å². The zero-order valence-corrected chi connectivity index (χ0v) is 15.9. The molecular weight excluding hydrogens is 344 g/mol. The van der Waals surface area contributed by atoms with Gasteiger partial charge in [0.2, 0.25) is 0 Å². The molecule has 0 unspecified atom stereocenters. The van der Waals surface area contributed by atoms with Crippen molar-refractivity contribution in [3.63, 3.8) is 0 Å². The first-order valence-corrected chi connectivity index (χ1v) is 9.86. The maximum atomic E-state index is 4.10. The number of unbranched alkanes of at least 4 members (excludes halogenated alkanes) is 6. The van der Waals surface area contributed by atoms with E-state index in [1.807, 2.05) is 0 Å². The van der Waals surface area contributed by atoms with Gasteiger partial charge in [-0.3, -0.25) is 0 Å². The molecule has 0 aliphatic carbocycles. The maximum absolute atomic E-state index is 4.10. The lowest BCUT2D eigenvalue weighted by Gasteiger charge is -2.29. The molecule has 1 heteroatoms. The SMILES string of the molecule is CCCCCCCCCC(Br)(c1ccccc1)c1ccccc1. The Morgan fingerprint density at radius 1 is 0.652 bits per heavy atom. The Balaban J connectivity index is 1.98. The summed E-state index contributed by atoms with van der Waals surface area (Å²) >= 11 is 4.10. The highest BCUT2D eigenvalue weighted by Gasteiger charge is 2.30. The van der Waals surface area contributed by atoms with Crippen molar-refractivity contribution in [3.8, 4) is 0 Å². The Bertz CT molecular complexity index is 493. The van der Waals surface area contributed by atoms with Crippen LogP contribution in [0.5, 0.6) is 0 Å². The Labute approximate surface area is 150 Å². The molecule has 0 N–H and O–H groups in total. The van der Waals surface area contributed by atoms with Gasteiger partial charge in [-0.1, -0.05) is 128 Å². The van der Waals surface area contributed by atoms with Crippen molar-refractivity contribution in [1.82, 2.24) is 0 Å². The summed E-state index contributed by atoms with van der Waals surface area (Å²) in [5, 5.41) is 0. The predicted molar refractivity (Wildman–Crippen MR) is 105 cm³/mol. The Morgan fingerprint density at radius 2 is 1.09 bits per heavy atom. The fourth-order valence-corrected chi connectivity index (χ4v) is 3.99. The van der Waals surface area contributed by atoms with Crippen LogP contribution in [0, 0.1) is 0 Å². The minimum absolute atomic E-state index is 0.0566. The van der Waals surface area contributed by atoms with E-state index in [2.05, 4.69) is 83.5 Å². The first-order valence-electron chi connectivity index (χ1n) is 9.07. The zero-order chi connectivity index (χ0) is 16.4. The Kier molecular flexibility index (Phi) is 7.88. The topological polar surface area (TPSA) is 0 Å². The number of alkyl halides is 1. The average molecular weight is 373 g/mol. The number of benzene rings is 2. The second-order valence-electron chi connectivity index (χ2n) is 6.40. The fourth-order valence-electron chi connectivity index (χ4n) is 3.19. The second-order valence-corrected chi connectivity index (χ2v) is 7.76. The van der Waals surface area contributed by atoms with Gasteiger partial charge in [-0.2, -0.15) is 0 Å². The highest BCUT2D eigenvalue weighted by Crippen LogP contribution is 2.43. The van der Waals surface area contributed by atoms with Gasteiger partial charge in [-0.25, -0.2) is 0 Å². The third kappa shape index (κ3) is 5.49. The van der Waals surface area contributed by atoms with Crippen LogP contribution in [-0.2, 0) is 4.32 Å². The van der Waals surface area contributed by atoms with E-state index in [0.29, 0.717) is 0 Å². The van der Waals surface area contributed by atoms with E-state index in [9.17, 15) is 0 Å². The first kappa shape index (κ1) is 18.3. The minimum atomic E-state index is -0.0566. The van der Waals surface area contributed by atoms with Crippen LogP contribution in [0.25, 0.3) is 0 Å². The Hall–Kier alpha value is -1.08. The Morgan fingerprint density at radius 3 is 1.57 bits per heavy atom. The third-order valence-corrected chi connectivity index (χ3v) is 5.90. The van der Waals surface area contributed by atoms with Crippen LogP contribution in [0.2, 0.25) is 0 Å². The molecule has 0 aromatic heterocycles. The molecule has 0 spiro atoms. The minimum Gasteiger partial charge on any atom is -0.0749 e. The highest BCUT2D eigenvalue weighted by molar-refractivity contribution is 9.09. The molecule has 0 radical (unpaired) electrons. The van der Waals surface area contributed by atoms with Crippen LogP contribution < -0.4 is 0 Å². The van der Waals surface area contributed by atoms with Crippen molar-refractivity contribution in [3.05, 3.63) is 71.8 Å². The van der Waals surface area contributed by atoms with Gasteiger partial charge < -0.3 is 0 Å². The lowest BCUT2D eigenvalue weighted by Crippen LogP contribution is -2.19. The van der Waals surface area contributed by atoms with Crippen molar-refractivity contribution in [1.29, 1.82) is 0 Å². The fraction of sp³-hybridized carbons (Fsp3) is 0.455. The lowest BCUT2D eigenvalue weighted by atomic mass is 9.86. The van der Waals surface area contributed by atoms with Crippen LogP contribution >= 0.6 is 15.9 Å². The molecule has 124 valence electrons. The summed E-state index contributed by atoms with van der Waals surface area (Å²) in [6.07, 6.45) is 10.6. The molecule has 0 nitrogen and oxygen atoms in total. The maximum Gasteiger partial charge on any atom is 0.0754 e. The molecule has 0 heterocycles. The van der Waals surface area contributed by atoms with E-state index in [1.165, 1.54) is 56.1 Å². The first-order chi connectivity index (χ1) is 11.3. The number of hydrogen-bond acceptors (Lipinski definition) is 0. The average Bonchev–Trinajstić information content (AvgIpc) is 2.62. The number of hydrogen-bond donors (Lipinski definition) is 0. The van der Waals surface area contributed by atoms with E-state index < -0.39 is 0 Å². The van der Waals surface area contributed by atoms with Crippen molar-refractivity contribution in [2.75, 3.05) is 0 Å². The largest absolute Gasteiger partial charge is 0.0754 e. The van der Waals surface area contributed by atoms with Crippen LogP contribution in [0.15, 0.2) is 60.7 Å². The molecule has 0 fully saturated rings. The summed E-state index contributed by atoms with van der Waals surface area (Å²) in [6.45, 7) is 2.28. The van der Waals surface area contributed by atoms with Crippen LogP contribution in [0.1, 0.15) is 69.4 Å². The summed E-state index contributed by atoms with van der Waals surface area (Å²) in [4.78, 5) is 0. The van der Waals surface area contributed by atoms with Crippen molar-refractivity contribution in [2.24, 2.45) is 0 Å². The molecule has 0 amide bonds. The zero-order valence-electron chi connectivity index (χ0n) is 14.3. The van der Waals surface area contributed by atoms with Gasteiger partial charge in [0, 0.05) is 0 Å². The molecule has 2 rings (SSSR count). The third-order valence-electron chi connectivity index (χ3n) is 4.59. The van der Waals surface area contributed by atoms with Gasteiger partial charge in [0.1, 0.15) is 0 Å². The van der Waals surface area contributed by atoms with Gasteiger partial charge in [-0.15, -0.1) is 0 Å². The summed E-state index contributed by atoms with van der Waals surface area (Å²) in [7, 11) is 0. The molecule has 0 saturated heterocycles. The lowest BCUT2D eigenvalue weighted by molar-refractivity contribution is 0.547. The van der Waals surface area contributed by atoms with Crippen LogP contribution in [0.3, 0.4) is 0 Å². The van der Waals surface area contributed by atoms with Crippen molar-refractivity contribution in [2.45, 2.75) is 62.6 Å². The van der Waals surface area contributed by atoms with E-state index in [-0.39, 0.29) is 4.32 Å². The quantitative estimate of drug-likeness (QED) is 0.299. The molecule has 0 atom stereocenters. The molecule has 23 heavy (non-hydrogen) atoms. The van der Waals surface area contributed by atoms with Gasteiger partial charge in [0.15, 0.2) is 0 Å². The smallest absolute Gasteiger partial charge is 0.0749 e. The monoisotopic (exact) mass is 372 g/mol. The molecular formula is C22H29Br. The number of rotatable bonds is 10. The normalized spacial score (nSPS) is 11.6. The van der Waals surface area contributed by atoms with Crippen molar-refractivity contribution < 1.29 is 0 Å². The summed E-state index contributed by atoms with van der Waals surface area (Å²) in [6, 6.07) is 21.7. The van der Waals surface area contributed by atoms with E-state index in [1.54, 1.807) is 0 Å². The summed E-state index contributed by atoms with van der Waals surface area (Å²) in [5.41, 5.74) is 2.72. The van der Waals surface area contributed by atoms with Crippen LogP contribution in [-0.4, -0.2) is 0 Å². The van der Waals surface area contributed by atoms with E-state index in [4.69, 9.17) is 0 Å². The van der Waals surface area contributed by atoms with Gasteiger partial charge in [0.05, 0.1) is 4.32 Å². The molecule has 0 saturated carbocycles. The number of halogens is 1. The standard InChI is InChI=1S/C22H29Br/c1-2-3-4-5-6-7-14-19-22(23,20-15-10-8-11-16-20)21-17-12-9-13-18-21/h8-13,15-18H,2-7,14,19H2,1H3.